The number of carbonyl (C=O) groups excluding carboxylic acids is 1. The van der Waals surface area contributed by atoms with Crippen LogP contribution in [-0.2, 0) is 14.9 Å². The molecule has 1 heterocycles. The van der Waals surface area contributed by atoms with Gasteiger partial charge in [-0.2, -0.15) is 0 Å². The molecule has 1 aliphatic heterocycles. The molecule has 2 atom stereocenters. The molecule has 0 aromatic heterocycles. The van der Waals surface area contributed by atoms with Gasteiger partial charge in [-0.05, 0) is 12.5 Å². The van der Waals surface area contributed by atoms with Crippen LogP contribution in [0.2, 0.25) is 0 Å². The predicted molar refractivity (Wildman–Crippen MR) is 58.8 cm³/mol. The fourth-order valence-electron chi connectivity index (χ4n) is 2.06. The molecule has 1 aromatic rings. The van der Waals surface area contributed by atoms with Crippen molar-refractivity contribution in [2.24, 2.45) is 0 Å². The zero-order valence-electron chi connectivity index (χ0n) is 9.19. The van der Waals surface area contributed by atoms with Crippen molar-refractivity contribution < 1.29 is 9.53 Å². The van der Waals surface area contributed by atoms with Crippen molar-refractivity contribution >= 4 is 5.78 Å². The van der Waals surface area contributed by atoms with Crippen molar-refractivity contribution in [2.45, 2.75) is 31.8 Å². The van der Waals surface area contributed by atoms with Crippen LogP contribution in [0.15, 0.2) is 30.3 Å². The lowest BCUT2D eigenvalue weighted by Crippen LogP contribution is -2.37. The first-order chi connectivity index (χ1) is 7.19. The maximum Gasteiger partial charge on any atom is 0.145 e. The van der Waals surface area contributed by atoms with Gasteiger partial charge in [-0.25, -0.2) is 0 Å². The maximum atomic E-state index is 12.0. The number of rotatable bonds is 4. The summed E-state index contributed by atoms with van der Waals surface area (Å²) in [6.07, 6.45) is 0.637. The lowest BCUT2D eigenvalue weighted by atomic mass is 9.75. The van der Waals surface area contributed by atoms with Gasteiger partial charge in [0.1, 0.15) is 5.78 Å². The minimum absolute atomic E-state index is 0.0762. The minimum atomic E-state index is -0.448. The van der Waals surface area contributed by atoms with Gasteiger partial charge in [-0.1, -0.05) is 37.3 Å². The Bertz CT molecular complexity index is 354. The van der Waals surface area contributed by atoms with E-state index in [1.54, 1.807) is 0 Å². The molecular formula is C13H16O2. The third kappa shape index (κ3) is 1.70. The Morgan fingerprint density at radius 2 is 2.07 bits per heavy atom. The quantitative estimate of drug-likeness (QED) is 0.704. The Balaban J connectivity index is 2.38. The monoisotopic (exact) mass is 204 g/mol. The van der Waals surface area contributed by atoms with Crippen LogP contribution in [0.5, 0.6) is 0 Å². The van der Waals surface area contributed by atoms with E-state index in [0.717, 1.165) is 5.56 Å². The number of carbonyl (C=O) groups is 1. The van der Waals surface area contributed by atoms with Gasteiger partial charge in [0, 0.05) is 6.42 Å². The standard InChI is InChI=1S/C13H16O2/c1-3-11(14)13(2,12-9-15-12)10-7-5-4-6-8-10/h4-8,12H,3,9H2,1-2H3. The van der Waals surface area contributed by atoms with E-state index in [0.29, 0.717) is 13.0 Å². The Labute approximate surface area is 90.3 Å². The van der Waals surface area contributed by atoms with Crippen LogP contribution in [0.1, 0.15) is 25.8 Å². The molecule has 0 N–H and O–H groups in total. The van der Waals surface area contributed by atoms with E-state index in [1.807, 2.05) is 44.2 Å². The minimum Gasteiger partial charge on any atom is -0.372 e. The van der Waals surface area contributed by atoms with Gasteiger partial charge in [0.2, 0.25) is 0 Å². The number of benzene rings is 1. The van der Waals surface area contributed by atoms with Gasteiger partial charge in [-0.15, -0.1) is 0 Å². The van der Waals surface area contributed by atoms with E-state index in [1.165, 1.54) is 0 Å². The fraction of sp³-hybridized carbons (Fsp3) is 0.462. The van der Waals surface area contributed by atoms with E-state index in [2.05, 4.69) is 0 Å². The van der Waals surface area contributed by atoms with E-state index >= 15 is 0 Å². The summed E-state index contributed by atoms with van der Waals surface area (Å²) >= 11 is 0. The summed E-state index contributed by atoms with van der Waals surface area (Å²) < 4.78 is 5.33. The molecule has 2 rings (SSSR count). The summed E-state index contributed by atoms with van der Waals surface area (Å²) in [5.41, 5.74) is 0.620. The first-order valence-corrected chi connectivity index (χ1v) is 5.40. The molecule has 2 nitrogen and oxygen atoms in total. The second-order valence-corrected chi connectivity index (χ2v) is 4.17. The van der Waals surface area contributed by atoms with Crippen molar-refractivity contribution in [3.05, 3.63) is 35.9 Å². The number of ketones is 1. The summed E-state index contributed by atoms with van der Waals surface area (Å²) in [5, 5.41) is 0. The highest BCUT2D eigenvalue weighted by Gasteiger charge is 2.48. The second kappa shape index (κ2) is 3.78. The molecule has 1 saturated heterocycles. The normalized spacial score (nSPS) is 23.2. The zero-order valence-corrected chi connectivity index (χ0v) is 9.19. The largest absolute Gasteiger partial charge is 0.372 e. The summed E-state index contributed by atoms with van der Waals surface area (Å²) in [5.74, 6) is 0.260. The highest BCUT2D eigenvalue weighted by atomic mass is 16.6. The molecule has 15 heavy (non-hydrogen) atoms. The average Bonchev–Trinajstić information content (AvgIpc) is 3.12. The molecule has 1 aliphatic rings. The highest BCUT2D eigenvalue weighted by Crippen LogP contribution is 2.37. The maximum absolute atomic E-state index is 12.0. The molecule has 0 saturated carbocycles. The second-order valence-electron chi connectivity index (χ2n) is 4.17. The molecule has 2 unspecified atom stereocenters. The van der Waals surface area contributed by atoms with Crippen molar-refractivity contribution in [1.82, 2.24) is 0 Å². The summed E-state index contributed by atoms with van der Waals surface area (Å²) in [7, 11) is 0. The van der Waals surface area contributed by atoms with Gasteiger partial charge in [0.25, 0.3) is 0 Å². The van der Waals surface area contributed by atoms with Crippen molar-refractivity contribution in [2.75, 3.05) is 6.61 Å². The Morgan fingerprint density at radius 1 is 1.47 bits per heavy atom. The lowest BCUT2D eigenvalue weighted by molar-refractivity contribution is -0.124. The van der Waals surface area contributed by atoms with Crippen LogP contribution >= 0.6 is 0 Å². The van der Waals surface area contributed by atoms with Crippen LogP contribution in [0, 0.1) is 0 Å². The lowest BCUT2D eigenvalue weighted by Gasteiger charge is -2.26. The molecule has 0 spiro atoms. The van der Waals surface area contributed by atoms with Crippen LogP contribution in [0.3, 0.4) is 0 Å². The van der Waals surface area contributed by atoms with E-state index in [9.17, 15) is 4.79 Å². The number of Topliss-reactive ketones (excluding diaryl/α,β-unsaturated/α-hetero) is 1. The topological polar surface area (TPSA) is 29.6 Å². The van der Waals surface area contributed by atoms with Crippen LogP contribution in [0.4, 0.5) is 0 Å². The third-order valence-corrected chi connectivity index (χ3v) is 3.25. The van der Waals surface area contributed by atoms with Gasteiger partial charge in [0.05, 0.1) is 18.1 Å². The van der Waals surface area contributed by atoms with E-state index < -0.39 is 5.41 Å². The highest BCUT2D eigenvalue weighted by molar-refractivity contribution is 5.90. The molecule has 0 amide bonds. The molecule has 0 bridgehead atoms. The van der Waals surface area contributed by atoms with Gasteiger partial charge in [-0.3, -0.25) is 4.79 Å². The van der Waals surface area contributed by atoms with Crippen LogP contribution < -0.4 is 0 Å². The number of ether oxygens (including phenoxy) is 1. The first kappa shape index (κ1) is 10.4. The molecule has 1 aromatic carbocycles. The number of hydrogen-bond donors (Lipinski definition) is 0. The van der Waals surface area contributed by atoms with Crippen LogP contribution in [-0.4, -0.2) is 18.5 Å². The predicted octanol–water partition coefficient (Wildman–Crippen LogP) is 2.32. The Morgan fingerprint density at radius 3 is 2.53 bits per heavy atom. The first-order valence-electron chi connectivity index (χ1n) is 5.40. The number of epoxide rings is 1. The molecular weight excluding hydrogens is 188 g/mol. The fourth-order valence-corrected chi connectivity index (χ4v) is 2.06. The van der Waals surface area contributed by atoms with Crippen molar-refractivity contribution in [3.63, 3.8) is 0 Å². The average molecular weight is 204 g/mol. The van der Waals surface area contributed by atoms with E-state index in [4.69, 9.17) is 4.74 Å². The smallest absolute Gasteiger partial charge is 0.145 e. The molecule has 1 fully saturated rings. The molecule has 80 valence electrons. The third-order valence-electron chi connectivity index (χ3n) is 3.25. The number of hydrogen-bond acceptors (Lipinski definition) is 2. The molecule has 0 radical (unpaired) electrons. The molecule has 2 heteroatoms. The van der Waals surface area contributed by atoms with Gasteiger partial charge >= 0.3 is 0 Å². The van der Waals surface area contributed by atoms with E-state index in [-0.39, 0.29) is 11.9 Å². The van der Waals surface area contributed by atoms with Crippen molar-refractivity contribution in [3.8, 4) is 0 Å². The Kier molecular flexibility index (Phi) is 2.61. The summed E-state index contributed by atoms with van der Waals surface area (Å²) in [4.78, 5) is 12.0. The molecule has 0 aliphatic carbocycles. The van der Waals surface area contributed by atoms with Gasteiger partial charge in [0.15, 0.2) is 0 Å². The summed E-state index contributed by atoms with van der Waals surface area (Å²) in [6.45, 7) is 4.61. The SMILES string of the molecule is CCC(=O)C(C)(c1ccccc1)C1CO1. The zero-order chi connectivity index (χ0) is 10.9. The Hall–Kier alpha value is -1.15. The summed E-state index contributed by atoms with van der Waals surface area (Å²) in [6, 6.07) is 9.93. The van der Waals surface area contributed by atoms with Crippen LogP contribution in [0.25, 0.3) is 0 Å². The van der Waals surface area contributed by atoms with Gasteiger partial charge < -0.3 is 4.74 Å². The van der Waals surface area contributed by atoms with Crippen molar-refractivity contribution in [1.29, 1.82) is 0 Å².